The highest BCUT2D eigenvalue weighted by Gasteiger charge is 2.36. The summed E-state index contributed by atoms with van der Waals surface area (Å²) in [5, 5.41) is 3.92. The second kappa shape index (κ2) is 7.49. The lowest BCUT2D eigenvalue weighted by Gasteiger charge is -2.32. The minimum absolute atomic E-state index is 0.0444. The molecule has 4 heterocycles. The van der Waals surface area contributed by atoms with Crippen molar-refractivity contribution in [2.24, 2.45) is 0 Å². The lowest BCUT2D eigenvalue weighted by atomic mass is 9.92. The summed E-state index contributed by atoms with van der Waals surface area (Å²) in [7, 11) is 0. The average molecular weight is 406 g/mol. The van der Waals surface area contributed by atoms with E-state index in [0.717, 1.165) is 10.6 Å². The van der Waals surface area contributed by atoms with Gasteiger partial charge in [-0.15, -0.1) is 0 Å². The van der Waals surface area contributed by atoms with Crippen LogP contribution in [0.3, 0.4) is 0 Å². The standard InChI is InChI=1S/C19H21F3N6O/c1-13-10-17-24-15(11-16(19(20,21)22)28(17)25-13)14-2-7-27(8-3-14)18(29)4-6-26-9-5-23-12-26/h5,9-12,14H,2-4,6-8H2,1H3. The van der Waals surface area contributed by atoms with Gasteiger partial charge in [0.1, 0.15) is 5.69 Å². The third-order valence-electron chi connectivity index (χ3n) is 5.27. The third-order valence-corrected chi connectivity index (χ3v) is 5.27. The Balaban J connectivity index is 1.45. The van der Waals surface area contributed by atoms with Gasteiger partial charge in [-0.25, -0.2) is 14.5 Å². The highest BCUT2D eigenvalue weighted by atomic mass is 19.4. The molecule has 1 amide bonds. The van der Waals surface area contributed by atoms with Crippen LogP contribution < -0.4 is 0 Å². The van der Waals surface area contributed by atoms with Crippen molar-refractivity contribution in [3.8, 4) is 0 Å². The molecule has 1 saturated heterocycles. The Morgan fingerprint density at radius 3 is 2.66 bits per heavy atom. The number of hydrogen-bond donors (Lipinski definition) is 0. The van der Waals surface area contributed by atoms with Crippen molar-refractivity contribution in [2.45, 2.75) is 44.8 Å². The van der Waals surface area contributed by atoms with Gasteiger partial charge in [0.2, 0.25) is 5.91 Å². The van der Waals surface area contributed by atoms with E-state index in [2.05, 4.69) is 15.1 Å². The fourth-order valence-electron chi connectivity index (χ4n) is 3.75. The first-order valence-electron chi connectivity index (χ1n) is 9.49. The highest BCUT2D eigenvalue weighted by molar-refractivity contribution is 5.76. The second-order valence-electron chi connectivity index (χ2n) is 7.33. The molecule has 3 aromatic rings. The number of alkyl halides is 3. The minimum Gasteiger partial charge on any atom is -0.343 e. The van der Waals surface area contributed by atoms with Crippen LogP contribution in [0.4, 0.5) is 13.2 Å². The maximum atomic E-state index is 13.5. The summed E-state index contributed by atoms with van der Waals surface area (Å²) in [6.07, 6.45) is 2.16. The van der Waals surface area contributed by atoms with Crippen LogP contribution in [0.15, 0.2) is 30.9 Å². The second-order valence-corrected chi connectivity index (χ2v) is 7.33. The number of amides is 1. The summed E-state index contributed by atoms with van der Waals surface area (Å²) in [6, 6.07) is 2.65. The first kappa shape index (κ1) is 19.4. The van der Waals surface area contributed by atoms with Gasteiger partial charge in [0.15, 0.2) is 5.65 Å². The van der Waals surface area contributed by atoms with E-state index in [0.29, 0.717) is 50.3 Å². The summed E-state index contributed by atoms with van der Waals surface area (Å²) < 4.78 is 43.2. The van der Waals surface area contributed by atoms with Gasteiger partial charge >= 0.3 is 6.18 Å². The number of nitrogens with zero attached hydrogens (tertiary/aromatic N) is 6. The molecule has 4 rings (SSSR count). The molecule has 0 unspecified atom stereocenters. The number of halogens is 3. The third kappa shape index (κ3) is 4.10. The number of hydrogen-bond acceptors (Lipinski definition) is 4. The van der Waals surface area contributed by atoms with Gasteiger partial charge in [-0.3, -0.25) is 4.79 Å². The molecule has 154 valence electrons. The van der Waals surface area contributed by atoms with E-state index < -0.39 is 11.9 Å². The van der Waals surface area contributed by atoms with Gasteiger partial charge in [-0.05, 0) is 25.8 Å². The Bertz CT molecular complexity index is 1000. The van der Waals surface area contributed by atoms with Gasteiger partial charge in [-0.1, -0.05) is 0 Å². The lowest BCUT2D eigenvalue weighted by molar-refractivity contribution is -0.142. The summed E-state index contributed by atoms with van der Waals surface area (Å²) >= 11 is 0. The molecule has 0 radical (unpaired) electrons. The Morgan fingerprint density at radius 1 is 1.24 bits per heavy atom. The van der Waals surface area contributed by atoms with E-state index in [-0.39, 0.29) is 17.5 Å². The molecule has 29 heavy (non-hydrogen) atoms. The Kier molecular flexibility index (Phi) is 5.01. The van der Waals surface area contributed by atoms with E-state index in [1.807, 2.05) is 4.57 Å². The average Bonchev–Trinajstić information content (AvgIpc) is 3.33. The number of aromatic nitrogens is 5. The molecule has 1 aliphatic rings. The van der Waals surface area contributed by atoms with Gasteiger partial charge in [-0.2, -0.15) is 18.3 Å². The molecule has 0 bridgehead atoms. The van der Waals surface area contributed by atoms with Gasteiger partial charge in [0.25, 0.3) is 0 Å². The lowest BCUT2D eigenvalue weighted by Crippen LogP contribution is -2.38. The van der Waals surface area contributed by atoms with Crippen LogP contribution in [-0.2, 0) is 17.5 Å². The number of aryl methyl sites for hydroxylation is 2. The predicted octanol–water partition coefficient (Wildman–Crippen LogP) is 3.05. The van der Waals surface area contributed by atoms with Crippen LogP contribution in [0.1, 0.15) is 42.3 Å². The minimum atomic E-state index is -4.52. The van der Waals surface area contributed by atoms with Crippen LogP contribution in [0.25, 0.3) is 5.65 Å². The van der Waals surface area contributed by atoms with Crippen LogP contribution in [-0.4, -0.2) is 48.0 Å². The van der Waals surface area contributed by atoms with Crippen molar-refractivity contribution < 1.29 is 18.0 Å². The van der Waals surface area contributed by atoms with Crippen LogP contribution >= 0.6 is 0 Å². The SMILES string of the molecule is Cc1cc2nc(C3CCN(C(=O)CCn4ccnc4)CC3)cc(C(F)(F)F)n2n1. The maximum absolute atomic E-state index is 13.5. The van der Waals surface area contributed by atoms with Crippen molar-refractivity contribution in [1.82, 2.24) is 29.0 Å². The largest absolute Gasteiger partial charge is 0.433 e. The molecule has 1 aliphatic heterocycles. The fourth-order valence-corrected chi connectivity index (χ4v) is 3.75. The van der Waals surface area contributed by atoms with Gasteiger partial charge in [0, 0.05) is 56.1 Å². The summed E-state index contributed by atoms with van der Waals surface area (Å²) in [4.78, 5) is 22.6. The van der Waals surface area contributed by atoms with Crippen molar-refractivity contribution in [1.29, 1.82) is 0 Å². The number of rotatable bonds is 4. The molecule has 1 fully saturated rings. The number of likely N-dealkylation sites (tertiary alicyclic amines) is 1. The van der Waals surface area contributed by atoms with Crippen LogP contribution in [0.2, 0.25) is 0 Å². The number of carbonyl (C=O) groups is 1. The van der Waals surface area contributed by atoms with E-state index in [1.54, 1.807) is 36.6 Å². The van der Waals surface area contributed by atoms with E-state index in [1.165, 1.54) is 0 Å². The normalized spacial score (nSPS) is 15.9. The number of piperidine rings is 1. The molecular weight excluding hydrogens is 385 g/mol. The maximum Gasteiger partial charge on any atom is 0.433 e. The summed E-state index contributed by atoms with van der Waals surface area (Å²) in [5.74, 6) is -0.0723. The smallest absolute Gasteiger partial charge is 0.343 e. The van der Waals surface area contributed by atoms with Crippen molar-refractivity contribution in [3.63, 3.8) is 0 Å². The van der Waals surface area contributed by atoms with Crippen molar-refractivity contribution in [2.75, 3.05) is 13.1 Å². The number of fused-ring (bicyclic) bond motifs is 1. The first-order valence-corrected chi connectivity index (χ1v) is 9.49. The Hall–Kier alpha value is -2.91. The summed E-state index contributed by atoms with van der Waals surface area (Å²) in [6.45, 7) is 3.23. The van der Waals surface area contributed by atoms with Crippen molar-refractivity contribution >= 4 is 11.6 Å². The zero-order valence-corrected chi connectivity index (χ0v) is 15.9. The van der Waals surface area contributed by atoms with E-state index in [9.17, 15) is 18.0 Å². The zero-order chi connectivity index (χ0) is 20.6. The molecule has 0 atom stereocenters. The molecule has 0 saturated carbocycles. The summed E-state index contributed by atoms with van der Waals surface area (Å²) in [5.41, 5.74) is 0.282. The van der Waals surface area contributed by atoms with Crippen LogP contribution in [0, 0.1) is 6.92 Å². The van der Waals surface area contributed by atoms with Crippen molar-refractivity contribution in [3.05, 3.63) is 47.9 Å². The molecule has 0 N–H and O–H groups in total. The molecule has 7 nitrogen and oxygen atoms in total. The monoisotopic (exact) mass is 406 g/mol. The Morgan fingerprint density at radius 2 is 2.00 bits per heavy atom. The molecule has 0 aliphatic carbocycles. The molecule has 3 aromatic heterocycles. The molecular formula is C19H21F3N6O. The Labute approximate surface area is 165 Å². The predicted molar refractivity (Wildman–Crippen MR) is 98.1 cm³/mol. The number of carbonyl (C=O) groups excluding carboxylic acids is 1. The van der Waals surface area contributed by atoms with E-state index >= 15 is 0 Å². The van der Waals surface area contributed by atoms with Crippen LogP contribution in [0.5, 0.6) is 0 Å². The highest BCUT2D eigenvalue weighted by Crippen LogP contribution is 2.34. The zero-order valence-electron chi connectivity index (χ0n) is 15.9. The van der Waals surface area contributed by atoms with E-state index in [4.69, 9.17) is 0 Å². The van der Waals surface area contributed by atoms with Gasteiger partial charge in [0.05, 0.1) is 12.0 Å². The quantitative estimate of drug-likeness (QED) is 0.668. The number of imidazole rings is 1. The first-order chi connectivity index (χ1) is 13.8. The molecule has 0 aromatic carbocycles. The van der Waals surface area contributed by atoms with Gasteiger partial charge < -0.3 is 9.47 Å². The molecule has 10 heteroatoms. The fraction of sp³-hybridized carbons (Fsp3) is 0.474. The topological polar surface area (TPSA) is 68.3 Å². The molecule has 0 spiro atoms.